The number of fused-ring (bicyclic) bond motifs is 2. The van der Waals surface area contributed by atoms with Gasteiger partial charge in [-0.15, -0.1) is 0 Å². The van der Waals surface area contributed by atoms with Crippen LogP contribution in [0.3, 0.4) is 0 Å². The molecule has 0 spiro atoms. The number of benzene rings is 1. The first-order chi connectivity index (χ1) is 14.9. The second-order valence-corrected chi connectivity index (χ2v) is 9.99. The first-order valence-electron chi connectivity index (χ1n) is 11.6. The smallest absolute Gasteiger partial charge is 0.248 e. The van der Waals surface area contributed by atoms with Crippen molar-refractivity contribution in [2.45, 2.75) is 75.7 Å². The van der Waals surface area contributed by atoms with E-state index in [2.05, 4.69) is 10.3 Å². The van der Waals surface area contributed by atoms with Crippen LogP contribution in [0.2, 0.25) is 0 Å². The third-order valence-electron chi connectivity index (χ3n) is 7.85. The fraction of sp³-hybridized carbons (Fsp3) is 0.600. The molecule has 1 N–H and O–H groups in total. The first-order valence-corrected chi connectivity index (χ1v) is 11.6. The van der Waals surface area contributed by atoms with Crippen molar-refractivity contribution in [1.82, 2.24) is 10.3 Å². The van der Waals surface area contributed by atoms with Crippen molar-refractivity contribution in [3.8, 4) is 0 Å². The van der Waals surface area contributed by atoms with Gasteiger partial charge in [-0.2, -0.15) is 0 Å². The standard InChI is InChI=1S/C25H29F3N2O/c26-19-1-2-23-22(14-19)21(5-8-29-23)18-12-16-9-15(10-17(16)13-18)11-24(31)30-20-3-6-25(27,28)7-4-20/h1-2,5,8,14-18,20H,3-4,6-7,9-13H2,(H,30,31)/t15?,16-,17+,18?. The van der Waals surface area contributed by atoms with Gasteiger partial charge in [-0.1, -0.05) is 0 Å². The largest absolute Gasteiger partial charge is 0.353 e. The summed E-state index contributed by atoms with van der Waals surface area (Å²) in [5, 5.41) is 3.91. The molecule has 3 aliphatic rings. The summed E-state index contributed by atoms with van der Waals surface area (Å²) in [5.74, 6) is -0.762. The third kappa shape index (κ3) is 4.44. The van der Waals surface area contributed by atoms with E-state index in [1.807, 2.05) is 12.3 Å². The van der Waals surface area contributed by atoms with Crippen molar-refractivity contribution in [3.05, 3.63) is 41.8 Å². The molecular weight excluding hydrogens is 401 g/mol. The summed E-state index contributed by atoms with van der Waals surface area (Å²) in [5.41, 5.74) is 2.04. The lowest BCUT2D eigenvalue weighted by atomic mass is 9.89. The maximum Gasteiger partial charge on any atom is 0.248 e. The Morgan fingerprint density at radius 2 is 1.77 bits per heavy atom. The Hall–Kier alpha value is -2.11. The third-order valence-corrected chi connectivity index (χ3v) is 7.85. The number of pyridine rings is 1. The number of hydrogen-bond acceptors (Lipinski definition) is 2. The summed E-state index contributed by atoms with van der Waals surface area (Å²) in [6.45, 7) is 0. The molecule has 1 aromatic carbocycles. The average Bonchev–Trinajstić information content (AvgIpc) is 3.27. The summed E-state index contributed by atoms with van der Waals surface area (Å²) in [6.07, 6.45) is 7.08. The molecule has 31 heavy (non-hydrogen) atoms. The van der Waals surface area contributed by atoms with Crippen LogP contribution in [0.5, 0.6) is 0 Å². The Morgan fingerprint density at radius 3 is 2.48 bits per heavy atom. The molecule has 1 heterocycles. The van der Waals surface area contributed by atoms with Gasteiger partial charge in [0.2, 0.25) is 11.8 Å². The maximum atomic E-state index is 13.8. The number of aromatic nitrogens is 1. The number of halogens is 3. The summed E-state index contributed by atoms with van der Waals surface area (Å²) in [6, 6.07) is 6.73. The number of rotatable bonds is 4. The highest BCUT2D eigenvalue weighted by Crippen LogP contribution is 2.53. The van der Waals surface area contributed by atoms with Gasteiger partial charge >= 0.3 is 0 Å². The van der Waals surface area contributed by atoms with Crippen LogP contribution >= 0.6 is 0 Å². The number of alkyl halides is 2. The SMILES string of the molecule is O=C(CC1C[C@@H]2CC(c3ccnc4ccc(F)cc34)C[C@@H]2C1)NC1CCC(F)(F)CC1. The van der Waals surface area contributed by atoms with Crippen LogP contribution < -0.4 is 5.32 Å². The van der Waals surface area contributed by atoms with Gasteiger partial charge in [0.1, 0.15) is 5.82 Å². The summed E-state index contributed by atoms with van der Waals surface area (Å²) >= 11 is 0. The van der Waals surface area contributed by atoms with Gasteiger partial charge in [0, 0.05) is 36.9 Å². The number of amides is 1. The quantitative estimate of drug-likeness (QED) is 0.649. The molecule has 1 amide bonds. The minimum absolute atomic E-state index is 0.0207. The molecule has 0 radical (unpaired) electrons. The lowest BCUT2D eigenvalue weighted by Crippen LogP contribution is -2.40. The van der Waals surface area contributed by atoms with Crippen LogP contribution in [0.1, 0.15) is 69.3 Å². The highest BCUT2D eigenvalue weighted by atomic mass is 19.3. The van der Waals surface area contributed by atoms with E-state index in [9.17, 15) is 18.0 Å². The van der Waals surface area contributed by atoms with E-state index < -0.39 is 5.92 Å². The van der Waals surface area contributed by atoms with Crippen molar-refractivity contribution in [3.63, 3.8) is 0 Å². The highest BCUT2D eigenvalue weighted by Gasteiger charge is 2.43. The van der Waals surface area contributed by atoms with E-state index in [-0.39, 0.29) is 30.6 Å². The van der Waals surface area contributed by atoms with Gasteiger partial charge in [0.15, 0.2) is 0 Å². The Morgan fingerprint density at radius 1 is 1.06 bits per heavy atom. The molecule has 5 rings (SSSR count). The van der Waals surface area contributed by atoms with Crippen molar-refractivity contribution >= 4 is 16.8 Å². The number of carbonyl (C=O) groups is 1. The molecule has 0 saturated heterocycles. The fourth-order valence-electron chi connectivity index (χ4n) is 6.39. The van der Waals surface area contributed by atoms with E-state index in [1.165, 1.54) is 11.6 Å². The molecule has 3 fully saturated rings. The molecule has 2 aromatic rings. The van der Waals surface area contributed by atoms with Gasteiger partial charge in [-0.25, -0.2) is 13.2 Å². The molecule has 0 bridgehead atoms. The average molecular weight is 431 g/mol. The Kier molecular flexibility index (Phi) is 5.43. The zero-order chi connectivity index (χ0) is 21.6. The van der Waals surface area contributed by atoms with Gasteiger partial charge in [-0.05, 0) is 92.0 Å². The van der Waals surface area contributed by atoms with E-state index in [0.29, 0.717) is 42.9 Å². The normalized spacial score (nSPS) is 30.4. The topological polar surface area (TPSA) is 42.0 Å². The predicted octanol–water partition coefficient (Wildman–Crippen LogP) is 5.98. The van der Waals surface area contributed by atoms with Gasteiger partial charge < -0.3 is 5.32 Å². The van der Waals surface area contributed by atoms with E-state index in [0.717, 1.165) is 36.6 Å². The number of nitrogens with one attached hydrogen (secondary N) is 1. The lowest BCUT2D eigenvalue weighted by Gasteiger charge is -2.29. The molecule has 6 heteroatoms. The lowest BCUT2D eigenvalue weighted by molar-refractivity contribution is -0.123. The number of hydrogen-bond donors (Lipinski definition) is 1. The second kappa shape index (κ2) is 8.10. The number of carbonyl (C=O) groups excluding carboxylic acids is 1. The summed E-state index contributed by atoms with van der Waals surface area (Å²) in [4.78, 5) is 16.8. The first kappa shape index (κ1) is 20.8. The maximum absolute atomic E-state index is 13.8. The highest BCUT2D eigenvalue weighted by molar-refractivity contribution is 5.82. The zero-order valence-electron chi connectivity index (χ0n) is 17.6. The number of nitrogens with zero attached hydrogens (tertiary/aromatic N) is 1. The molecule has 2 unspecified atom stereocenters. The van der Waals surface area contributed by atoms with E-state index >= 15 is 0 Å². The molecule has 3 aliphatic carbocycles. The van der Waals surface area contributed by atoms with Crippen molar-refractivity contribution in [2.75, 3.05) is 0 Å². The summed E-state index contributed by atoms with van der Waals surface area (Å²) in [7, 11) is 0. The monoisotopic (exact) mass is 430 g/mol. The molecule has 3 nitrogen and oxygen atoms in total. The van der Waals surface area contributed by atoms with Gasteiger partial charge in [0.25, 0.3) is 0 Å². The molecular formula is C25H29F3N2O. The minimum Gasteiger partial charge on any atom is -0.353 e. The Labute approximate surface area is 180 Å². The van der Waals surface area contributed by atoms with Gasteiger partial charge in [0.05, 0.1) is 5.52 Å². The van der Waals surface area contributed by atoms with Crippen LogP contribution in [-0.4, -0.2) is 22.9 Å². The predicted molar refractivity (Wildman–Crippen MR) is 113 cm³/mol. The fourth-order valence-corrected chi connectivity index (χ4v) is 6.39. The molecule has 1 aromatic heterocycles. The second-order valence-electron chi connectivity index (χ2n) is 9.99. The van der Waals surface area contributed by atoms with Crippen molar-refractivity contribution < 1.29 is 18.0 Å². The Balaban J connectivity index is 1.16. The van der Waals surface area contributed by atoms with Crippen LogP contribution in [-0.2, 0) is 4.79 Å². The van der Waals surface area contributed by atoms with Crippen LogP contribution in [0.15, 0.2) is 30.5 Å². The Bertz CT molecular complexity index is 954. The van der Waals surface area contributed by atoms with Gasteiger partial charge in [-0.3, -0.25) is 9.78 Å². The van der Waals surface area contributed by atoms with Crippen LogP contribution in [0, 0.1) is 23.6 Å². The van der Waals surface area contributed by atoms with E-state index in [1.54, 1.807) is 12.1 Å². The summed E-state index contributed by atoms with van der Waals surface area (Å²) < 4.78 is 40.4. The van der Waals surface area contributed by atoms with Crippen molar-refractivity contribution in [1.29, 1.82) is 0 Å². The molecule has 3 saturated carbocycles. The molecule has 166 valence electrons. The van der Waals surface area contributed by atoms with Crippen LogP contribution in [0.4, 0.5) is 13.2 Å². The molecule has 0 aliphatic heterocycles. The van der Waals surface area contributed by atoms with Crippen molar-refractivity contribution in [2.24, 2.45) is 17.8 Å². The van der Waals surface area contributed by atoms with E-state index in [4.69, 9.17) is 0 Å². The molecule has 4 atom stereocenters. The minimum atomic E-state index is -2.56. The van der Waals surface area contributed by atoms with Crippen LogP contribution in [0.25, 0.3) is 10.9 Å². The zero-order valence-corrected chi connectivity index (χ0v) is 17.6.